The molecule has 0 spiro atoms. The predicted octanol–water partition coefficient (Wildman–Crippen LogP) is 6.10. The van der Waals surface area contributed by atoms with E-state index < -0.39 is 0 Å². The second kappa shape index (κ2) is 6.15. The number of benzene rings is 2. The van der Waals surface area contributed by atoms with Gasteiger partial charge >= 0.3 is 0 Å². The van der Waals surface area contributed by atoms with Crippen molar-refractivity contribution in [3.63, 3.8) is 0 Å². The average Bonchev–Trinajstić information content (AvgIpc) is 3.12. The summed E-state index contributed by atoms with van der Waals surface area (Å²) in [5.41, 5.74) is 6.23. The van der Waals surface area contributed by atoms with Crippen molar-refractivity contribution >= 4 is 32.6 Å². The largest absolute Gasteiger partial charge is 0.290 e. The Bertz CT molecular complexity index is 1200. The zero-order chi connectivity index (χ0) is 20.4. The molecule has 0 atom stereocenters. The summed E-state index contributed by atoms with van der Waals surface area (Å²) in [5.74, 6) is 1.25. The van der Waals surface area contributed by atoms with Crippen molar-refractivity contribution in [2.75, 3.05) is 0 Å². The number of hydrogen-bond donors (Lipinski definition) is 0. The first-order chi connectivity index (χ1) is 13.0. The molecule has 0 saturated carbocycles. The minimum absolute atomic E-state index is 0.0259. The molecule has 0 fully saturated rings. The van der Waals surface area contributed by atoms with Crippen LogP contribution in [0.5, 0.6) is 0 Å². The number of nitrogens with zero attached hydrogens (tertiary/aromatic N) is 3. The fourth-order valence-electron chi connectivity index (χ4n) is 3.94. The number of aryl methyl sites for hydroxylation is 2. The average molecular weight is 393 g/mol. The molecule has 2 heterocycles. The van der Waals surface area contributed by atoms with Gasteiger partial charge in [-0.25, -0.2) is 14.1 Å². The van der Waals surface area contributed by atoms with Crippen molar-refractivity contribution < 1.29 is 4.57 Å². The van der Waals surface area contributed by atoms with Gasteiger partial charge in [0.25, 0.3) is 5.82 Å². The summed E-state index contributed by atoms with van der Waals surface area (Å²) in [6.45, 7) is 15.7. The van der Waals surface area contributed by atoms with Crippen LogP contribution in [0.15, 0.2) is 36.4 Å². The first kappa shape index (κ1) is 19.1. The molecule has 4 aromatic rings. The van der Waals surface area contributed by atoms with E-state index in [1.807, 2.05) is 11.3 Å². The fourth-order valence-corrected chi connectivity index (χ4v) is 4.98. The lowest BCUT2D eigenvalue weighted by Crippen LogP contribution is -2.33. The Labute approximate surface area is 171 Å². The van der Waals surface area contributed by atoms with E-state index in [2.05, 4.69) is 101 Å². The number of imidazole rings is 1. The SMILES string of the molecule is Cc1cc2nc(C(C)(C)C)sc2cc1-c1n(C(C)(C)C)c2ccccc2[n+]1C. The maximum Gasteiger partial charge on any atom is 0.290 e. The maximum absolute atomic E-state index is 4.92. The molecule has 0 bridgehead atoms. The fraction of sp³-hybridized carbons (Fsp3) is 0.417. The van der Waals surface area contributed by atoms with Gasteiger partial charge in [0.15, 0.2) is 11.0 Å². The van der Waals surface area contributed by atoms with Crippen molar-refractivity contribution in [2.45, 2.75) is 59.4 Å². The highest BCUT2D eigenvalue weighted by Gasteiger charge is 2.33. The number of para-hydroxylation sites is 2. The Hall–Kier alpha value is -2.20. The molecule has 0 N–H and O–H groups in total. The van der Waals surface area contributed by atoms with Crippen LogP contribution >= 0.6 is 11.3 Å². The Balaban J connectivity index is 2.06. The highest BCUT2D eigenvalue weighted by atomic mass is 32.1. The van der Waals surface area contributed by atoms with Gasteiger partial charge in [-0.1, -0.05) is 32.9 Å². The number of aromatic nitrogens is 3. The third-order valence-corrected chi connectivity index (χ3v) is 6.75. The van der Waals surface area contributed by atoms with Crippen molar-refractivity contribution in [2.24, 2.45) is 7.05 Å². The van der Waals surface area contributed by atoms with Crippen LogP contribution in [0.2, 0.25) is 0 Å². The lowest BCUT2D eigenvalue weighted by atomic mass is 9.98. The van der Waals surface area contributed by atoms with Crippen molar-refractivity contribution in [3.05, 3.63) is 47.0 Å². The predicted molar refractivity (Wildman–Crippen MR) is 120 cm³/mol. The van der Waals surface area contributed by atoms with Crippen molar-refractivity contribution in [3.8, 4) is 11.4 Å². The maximum atomic E-state index is 4.92. The van der Waals surface area contributed by atoms with Gasteiger partial charge in [0.05, 0.1) is 27.8 Å². The molecular weight excluding hydrogens is 362 g/mol. The molecule has 4 rings (SSSR count). The van der Waals surface area contributed by atoms with Crippen LogP contribution in [0.4, 0.5) is 0 Å². The molecule has 0 aliphatic heterocycles. The lowest BCUT2D eigenvalue weighted by Gasteiger charge is -2.19. The van der Waals surface area contributed by atoms with E-state index in [9.17, 15) is 0 Å². The summed E-state index contributed by atoms with van der Waals surface area (Å²) >= 11 is 1.82. The van der Waals surface area contributed by atoms with E-state index in [1.165, 1.54) is 37.7 Å². The van der Waals surface area contributed by atoms with Crippen LogP contribution < -0.4 is 4.57 Å². The molecular formula is C24H30N3S+. The molecule has 2 aromatic heterocycles. The van der Waals surface area contributed by atoms with E-state index >= 15 is 0 Å². The minimum atomic E-state index is -0.0259. The van der Waals surface area contributed by atoms with Gasteiger partial charge < -0.3 is 0 Å². The summed E-state index contributed by atoms with van der Waals surface area (Å²) in [7, 11) is 2.18. The number of fused-ring (bicyclic) bond motifs is 2. The van der Waals surface area contributed by atoms with Gasteiger partial charge in [-0.2, -0.15) is 0 Å². The number of rotatable bonds is 1. The smallest absolute Gasteiger partial charge is 0.241 e. The molecule has 2 aromatic carbocycles. The quantitative estimate of drug-likeness (QED) is 0.359. The van der Waals surface area contributed by atoms with E-state index in [-0.39, 0.29) is 11.0 Å². The van der Waals surface area contributed by atoms with Gasteiger partial charge in [0.1, 0.15) is 5.54 Å². The first-order valence-electron chi connectivity index (χ1n) is 9.90. The molecule has 0 unspecified atom stereocenters. The Morgan fingerprint density at radius 2 is 1.68 bits per heavy atom. The molecule has 0 amide bonds. The summed E-state index contributed by atoms with van der Waals surface area (Å²) in [6.07, 6.45) is 0. The zero-order valence-electron chi connectivity index (χ0n) is 18.2. The number of thiazole rings is 1. The monoisotopic (exact) mass is 392 g/mol. The van der Waals surface area contributed by atoms with E-state index in [0.717, 1.165) is 5.52 Å². The van der Waals surface area contributed by atoms with Crippen LogP contribution in [0.3, 0.4) is 0 Å². The van der Waals surface area contributed by atoms with Crippen molar-refractivity contribution in [1.29, 1.82) is 0 Å². The lowest BCUT2D eigenvalue weighted by molar-refractivity contribution is -0.634. The first-order valence-corrected chi connectivity index (χ1v) is 10.7. The Morgan fingerprint density at radius 1 is 1.00 bits per heavy atom. The van der Waals surface area contributed by atoms with E-state index in [4.69, 9.17) is 4.98 Å². The van der Waals surface area contributed by atoms with Gasteiger partial charge in [-0.3, -0.25) is 0 Å². The molecule has 0 aliphatic rings. The van der Waals surface area contributed by atoms with Crippen molar-refractivity contribution in [1.82, 2.24) is 9.55 Å². The zero-order valence-corrected chi connectivity index (χ0v) is 19.0. The number of hydrogen-bond acceptors (Lipinski definition) is 2. The van der Waals surface area contributed by atoms with Gasteiger partial charge in [0.2, 0.25) is 0 Å². The molecule has 0 aliphatic carbocycles. The standard InChI is InChI=1S/C24H30N3S/c1-15-13-17-20(28-22(25-17)23(2,3)4)14-16(15)21-26(8)18-11-9-10-12-19(18)27(21)24(5,6)7/h9-14H,1-8H3/q+1. The normalized spacial score (nSPS) is 13.0. The van der Waals surface area contributed by atoms with E-state index in [1.54, 1.807) is 0 Å². The molecule has 0 saturated heterocycles. The van der Waals surface area contributed by atoms with Gasteiger partial charge in [-0.05, 0) is 57.5 Å². The highest BCUT2D eigenvalue weighted by Crippen LogP contribution is 2.37. The highest BCUT2D eigenvalue weighted by molar-refractivity contribution is 7.18. The topological polar surface area (TPSA) is 21.7 Å². The van der Waals surface area contributed by atoms with Gasteiger partial charge in [0, 0.05) is 5.41 Å². The van der Waals surface area contributed by atoms with Crippen LogP contribution in [-0.4, -0.2) is 9.55 Å². The van der Waals surface area contributed by atoms with Gasteiger partial charge in [-0.15, -0.1) is 11.3 Å². The third kappa shape index (κ3) is 2.95. The summed E-state index contributed by atoms with van der Waals surface area (Å²) < 4.78 is 6.07. The molecule has 0 radical (unpaired) electrons. The Kier molecular flexibility index (Phi) is 4.20. The molecule has 146 valence electrons. The third-order valence-electron chi connectivity index (χ3n) is 5.30. The van der Waals surface area contributed by atoms with Crippen LogP contribution in [0.1, 0.15) is 52.1 Å². The summed E-state index contributed by atoms with van der Waals surface area (Å²) in [4.78, 5) is 4.92. The molecule has 4 heteroatoms. The molecule has 28 heavy (non-hydrogen) atoms. The minimum Gasteiger partial charge on any atom is -0.241 e. The van der Waals surface area contributed by atoms with Crippen LogP contribution in [0, 0.1) is 6.92 Å². The Morgan fingerprint density at radius 3 is 2.32 bits per heavy atom. The summed E-state index contributed by atoms with van der Waals surface area (Å²) in [5, 5.41) is 1.19. The molecule has 3 nitrogen and oxygen atoms in total. The second-order valence-corrected chi connectivity index (χ2v) is 10.8. The summed E-state index contributed by atoms with van der Waals surface area (Å²) in [6, 6.07) is 13.3. The van der Waals surface area contributed by atoms with Crippen LogP contribution in [0.25, 0.3) is 32.6 Å². The second-order valence-electron chi connectivity index (χ2n) is 9.78. The van der Waals surface area contributed by atoms with E-state index in [0.29, 0.717) is 0 Å². The van der Waals surface area contributed by atoms with Crippen LogP contribution in [-0.2, 0) is 18.0 Å².